The van der Waals surface area contributed by atoms with E-state index in [9.17, 15) is 22.8 Å². The van der Waals surface area contributed by atoms with Crippen molar-refractivity contribution in [3.05, 3.63) is 48.0 Å². The number of aromatic nitrogens is 3. The average molecular weight is 518 g/mol. The maximum atomic E-state index is 12.8. The number of nitrogens with zero attached hydrogens (tertiary/aromatic N) is 3. The molecular weight excluding hydrogens is 487 g/mol. The zero-order chi connectivity index (χ0) is 26.8. The number of hydrogen-bond donors (Lipinski definition) is 4. The highest BCUT2D eigenvalue weighted by atomic mass is 19.4. The van der Waals surface area contributed by atoms with Gasteiger partial charge in [0.05, 0.1) is 0 Å². The fourth-order valence-corrected chi connectivity index (χ4v) is 4.46. The van der Waals surface area contributed by atoms with E-state index in [0.717, 1.165) is 42.4 Å². The summed E-state index contributed by atoms with van der Waals surface area (Å²) in [5, 5.41) is 5.59. The molecule has 1 unspecified atom stereocenters. The van der Waals surface area contributed by atoms with Crippen molar-refractivity contribution in [1.29, 1.82) is 0 Å². The Morgan fingerprint density at radius 1 is 1.14 bits per heavy atom. The topological polar surface area (TPSA) is 129 Å². The summed E-state index contributed by atoms with van der Waals surface area (Å²) in [4.78, 5) is 38.7. The highest BCUT2D eigenvalue weighted by Crippen LogP contribution is 2.33. The van der Waals surface area contributed by atoms with Gasteiger partial charge < -0.3 is 26.3 Å². The molecule has 0 saturated carbocycles. The molecule has 9 nitrogen and oxygen atoms in total. The molecule has 1 fully saturated rings. The molecule has 37 heavy (non-hydrogen) atoms. The number of halogens is 3. The predicted octanol–water partition coefficient (Wildman–Crippen LogP) is 3.42. The molecule has 0 radical (unpaired) electrons. The van der Waals surface area contributed by atoms with Gasteiger partial charge in [0.15, 0.2) is 0 Å². The van der Waals surface area contributed by atoms with Gasteiger partial charge in [-0.1, -0.05) is 13.8 Å². The number of H-pyrrole nitrogens is 1. The third-order valence-corrected chi connectivity index (χ3v) is 6.69. The number of rotatable bonds is 7. The van der Waals surface area contributed by atoms with E-state index in [2.05, 4.69) is 20.3 Å². The first-order valence-electron chi connectivity index (χ1n) is 12.1. The van der Waals surface area contributed by atoms with Crippen molar-refractivity contribution in [2.45, 2.75) is 44.9 Å². The van der Waals surface area contributed by atoms with Gasteiger partial charge in [0, 0.05) is 66.5 Å². The molecule has 3 aromatic heterocycles. The Hall–Kier alpha value is -3.67. The van der Waals surface area contributed by atoms with Crippen LogP contribution in [0.2, 0.25) is 0 Å². The summed E-state index contributed by atoms with van der Waals surface area (Å²) in [6, 6.07) is 3.45. The number of carbonyl (C=O) groups excluding carboxylic acids is 2. The van der Waals surface area contributed by atoms with E-state index in [-0.39, 0.29) is 11.6 Å². The van der Waals surface area contributed by atoms with Gasteiger partial charge in [0.1, 0.15) is 17.7 Å². The van der Waals surface area contributed by atoms with Crippen LogP contribution in [0.25, 0.3) is 22.2 Å². The van der Waals surface area contributed by atoms with Crippen molar-refractivity contribution < 1.29 is 22.8 Å². The molecule has 5 N–H and O–H groups in total. The Morgan fingerprint density at radius 3 is 2.54 bits per heavy atom. The second kappa shape index (κ2) is 10.4. The van der Waals surface area contributed by atoms with Gasteiger partial charge in [-0.3, -0.25) is 9.78 Å². The van der Waals surface area contributed by atoms with Gasteiger partial charge >= 0.3 is 12.2 Å². The molecule has 3 amide bonds. The molecule has 1 aliphatic rings. The van der Waals surface area contributed by atoms with E-state index in [0.29, 0.717) is 17.8 Å². The zero-order valence-electron chi connectivity index (χ0n) is 20.7. The van der Waals surface area contributed by atoms with E-state index >= 15 is 0 Å². The van der Waals surface area contributed by atoms with Crippen LogP contribution in [-0.2, 0) is 16.9 Å². The number of nitrogens with two attached hydrogens (primary N) is 1. The van der Waals surface area contributed by atoms with Crippen LogP contribution in [0.5, 0.6) is 0 Å². The van der Waals surface area contributed by atoms with Gasteiger partial charge in [-0.15, -0.1) is 0 Å². The third kappa shape index (κ3) is 5.68. The lowest BCUT2D eigenvalue weighted by Gasteiger charge is -2.32. The highest BCUT2D eigenvalue weighted by molar-refractivity contribution is 5.94. The third-order valence-electron chi connectivity index (χ3n) is 6.69. The normalized spacial score (nSPS) is 15.7. The molecule has 3 aromatic rings. The summed E-state index contributed by atoms with van der Waals surface area (Å²) in [7, 11) is 0. The lowest BCUT2D eigenvalue weighted by molar-refractivity contribution is -0.143. The van der Waals surface area contributed by atoms with Crippen LogP contribution in [-0.4, -0.2) is 57.6 Å². The molecule has 4 rings (SSSR count). The standard InChI is InChI=1S/C25H30F3N7O2/c1-15(2)25(29,22(36)34-14-24(26,27)28)18-8-17(11-30-12-18)20-13-32-21-19(20)7-16(9-31-21)10-33-23(37)35-5-3-4-6-35/h7-9,11-13,15H,3-6,10,14,29H2,1-2H3,(H,31,32)(H,33,37)(H,34,36). The van der Waals surface area contributed by atoms with Gasteiger partial charge in [0.25, 0.3) is 0 Å². The molecule has 12 heteroatoms. The lowest BCUT2D eigenvalue weighted by atomic mass is 9.80. The Labute approximate surface area is 212 Å². The molecule has 0 aromatic carbocycles. The van der Waals surface area contributed by atoms with Crippen molar-refractivity contribution in [3.63, 3.8) is 0 Å². The monoisotopic (exact) mass is 517 g/mol. The average Bonchev–Trinajstić information content (AvgIpc) is 3.55. The van der Waals surface area contributed by atoms with E-state index in [1.807, 2.05) is 11.4 Å². The van der Waals surface area contributed by atoms with Crippen molar-refractivity contribution in [3.8, 4) is 11.1 Å². The second-order valence-electron chi connectivity index (χ2n) is 9.58. The largest absolute Gasteiger partial charge is 0.405 e. The molecule has 0 aliphatic carbocycles. The van der Waals surface area contributed by atoms with Crippen LogP contribution >= 0.6 is 0 Å². The van der Waals surface area contributed by atoms with Gasteiger partial charge in [-0.25, -0.2) is 9.78 Å². The fraction of sp³-hybridized carbons (Fsp3) is 0.440. The lowest BCUT2D eigenvalue weighted by Crippen LogP contribution is -2.56. The smallest absolute Gasteiger partial charge is 0.346 e. The quantitative estimate of drug-likeness (QED) is 0.382. The van der Waals surface area contributed by atoms with Crippen LogP contribution in [0, 0.1) is 5.92 Å². The zero-order valence-corrected chi connectivity index (χ0v) is 20.7. The number of carbonyl (C=O) groups is 2. The summed E-state index contributed by atoms with van der Waals surface area (Å²) < 4.78 is 38.1. The van der Waals surface area contributed by atoms with E-state index < -0.39 is 30.1 Å². The van der Waals surface area contributed by atoms with Crippen LogP contribution in [0.3, 0.4) is 0 Å². The first kappa shape index (κ1) is 26.4. The molecule has 1 atom stereocenters. The Bertz CT molecular complexity index is 1280. The molecule has 4 heterocycles. The van der Waals surface area contributed by atoms with Gasteiger partial charge in [-0.2, -0.15) is 13.2 Å². The van der Waals surface area contributed by atoms with E-state index in [1.165, 1.54) is 6.20 Å². The van der Waals surface area contributed by atoms with Crippen LogP contribution in [0.4, 0.5) is 18.0 Å². The van der Waals surface area contributed by atoms with E-state index in [1.54, 1.807) is 43.4 Å². The number of likely N-dealkylation sites (tertiary alicyclic amines) is 1. The maximum Gasteiger partial charge on any atom is 0.405 e. The van der Waals surface area contributed by atoms with Crippen LogP contribution in [0.15, 0.2) is 36.9 Å². The summed E-state index contributed by atoms with van der Waals surface area (Å²) in [6.07, 6.45) is 3.84. The van der Waals surface area contributed by atoms with Gasteiger partial charge in [-0.05, 0) is 36.5 Å². The van der Waals surface area contributed by atoms with Gasteiger partial charge in [0.2, 0.25) is 5.91 Å². The molecular formula is C25H30F3N7O2. The van der Waals surface area contributed by atoms with E-state index in [4.69, 9.17) is 5.73 Å². The fourth-order valence-electron chi connectivity index (χ4n) is 4.46. The van der Waals surface area contributed by atoms with Crippen molar-refractivity contribution >= 4 is 23.0 Å². The Kier molecular flexibility index (Phi) is 7.39. The number of pyridine rings is 2. The van der Waals surface area contributed by atoms with Crippen molar-refractivity contribution in [2.75, 3.05) is 19.6 Å². The molecule has 1 saturated heterocycles. The van der Waals surface area contributed by atoms with Crippen LogP contribution in [0.1, 0.15) is 37.8 Å². The minimum absolute atomic E-state index is 0.111. The van der Waals surface area contributed by atoms with Crippen molar-refractivity contribution in [1.82, 2.24) is 30.5 Å². The summed E-state index contributed by atoms with van der Waals surface area (Å²) in [5.41, 5.74) is 7.74. The highest BCUT2D eigenvalue weighted by Gasteiger charge is 2.41. The Morgan fingerprint density at radius 2 is 1.86 bits per heavy atom. The molecule has 1 aliphatic heterocycles. The van der Waals surface area contributed by atoms with Crippen molar-refractivity contribution in [2.24, 2.45) is 11.7 Å². The minimum Gasteiger partial charge on any atom is -0.346 e. The summed E-state index contributed by atoms with van der Waals surface area (Å²) >= 11 is 0. The first-order valence-corrected chi connectivity index (χ1v) is 12.1. The summed E-state index contributed by atoms with van der Waals surface area (Å²) in [5.74, 6) is -1.45. The molecule has 198 valence electrons. The second-order valence-corrected chi connectivity index (χ2v) is 9.58. The minimum atomic E-state index is -4.56. The number of hydrogen-bond acceptors (Lipinski definition) is 5. The predicted molar refractivity (Wildman–Crippen MR) is 132 cm³/mol. The molecule has 0 spiro atoms. The number of aromatic amines is 1. The Balaban J connectivity index is 1.60. The maximum absolute atomic E-state index is 12.8. The first-order chi connectivity index (χ1) is 17.5. The molecule has 0 bridgehead atoms. The SMILES string of the molecule is CC(C)C(N)(C(=O)NCC(F)(F)F)c1cncc(-c2c[nH]c3ncc(CNC(=O)N4CCCC4)cc23)c1. The summed E-state index contributed by atoms with van der Waals surface area (Å²) in [6.45, 7) is 3.66. The number of amides is 3. The number of alkyl halides is 3. The number of urea groups is 1. The van der Waals surface area contributed by atoms with Crippen LogP contribution < -0.4 is 16.4 Å². The number of nitrogens with one attached hydrogen (secondary N) is 3. The number of fused-ring (bicyclic) bond motifs is 1.